The highest BCUT2D eigenvalue weighted by Crippen LogP contribution is 2.42. The van der Waals surface area contributed by atoms with Crippen molar-refractivity contribution in [2.24, 2.45) is 0 Å². The van der Waals surface area contributed by atoms with Crippen LogP contribution in [0.4, 0.5) is 0 Å². The molecule has 5 heteroatoms. The van der Waals surface area contributed by atoms with Crippen molar-refractivity contribution in [2.45, 2.75) is 0 Å². The summed E-state index contributed by atoms with van der Waals surface area (Å²) in [6, 6.07) is 40.3. The fourth-order valence-electron chi connectivity index (χ4n) is 5.67. The van der Waals surface area contributed by atoms with Gasteiger partial charge in [-0.2, -0.15) is 15.8 Å². The van der Waals surface area contributed by atoms with Gasteiger partial charge in [0.2, 0.25) is 0 Å². The van der Waals surface area contributed by atoms with Gasteiger partial charge in [0, 0.05) is 21.5 Å². The first-order valence-corrected chi connectivity index (χ1v) is 12.1. The quantitative estimate of drug-likeness (QED) is 0.255. The Balaban J connectivity index is 1.75. The maximum atomic E-state index is 10.1. The molecule has 0 aliphatic carbocycles. The number of nitriles is 3. The Morgan fingerprint density at radius 3 is 1.89 bits per heavy atom. The highest BCUT2D eigenvalue weighted by molar-refractivity contribution is 6.26. The Hall–Kier alpha value is -5.83. The van der Waals surface area contributed by atoms with E-state index in [1.165, 1.54) is 0 Å². The summed E-state index contributed by atoms with van der Waals surface area (Å²) < 4.78 is 4.29. The average Bonchev–Trinajstić information content (AvgIpc) is 3.49. The molecule has 38 heavy (non-hydrogen) atoms. The predicted molar refractivity (Wildman–Crippen MR) is 149 cm³/mol. The second-order valence-electron chi connectivity index (χ2n) is 9.15. The first kappa shape index (κ1) is 21.5. The van der Waals surface area contributed by atoms with E-state index in [-0.39, 0.29) is 0 Å². The molecule has 0 fully saturated rings. The summed E-state index contributed by atoms with van der Waals surface area (Å²) in [5.74, 6) is 0. The van der Waals surface area contributed by atoms with Gasteiger partial charge in [0.25, 0.3) is 0 Å². The molecule has 174 valence electrons. The second kappa shape index (κ2) is 8.10. The van der Waals surface area contributed by atoms with E-state index in [4.69, 9.17) is 0 Å². The molecule has 0 spiro atoms. The molecular weight excluding hydrogens is 466 g/mol. The van der Waals surface area contributed by atoms with Crippen LogP contribution in [-0.2, 0) is 0 Å². The Kier molecular flexibility index (Phi) is 4.57. The summed E-state index contributed by atoms with van der Waals surface area (Å²) in [6.07, 6.45) is 0. The normalized spacial score (nSPS) is 11.1. The van der Waals surface area contributed by atoms with Crippen LogP contribution in [0.1, 0.15) is 16.7 Å². The van der Waals surface area contributed by atoms with Crippen molar-refractivity contribution >= 4 is 43.6 Å². The second-order valence-corrected chi connectivity index (χ2v) is 9.15. The van der Waals surface area contributed by atoms with E-state index in [0.29, 0.717) is 16.7 Å². The number of hydrogen-bond donors (Lipinski definition) is 0. The van der Waals surface area contributed by atoms with Crippen molar-refractivity contribution in [1.82, 2.24) is 9.13 Å². The molecule has 0 aliphatic rings. The van der Waals surface area contributed by atoms with Gasteiger partial charge in [0.15, 0.2) is 0 Å². The number of fused-ring (bicyclic) bond motifs is 7. The molecule has 0 amide bonds. The van der Waals surface area contributed by atoms with Crippen molar-refractivity contribution in [1.29, 1.82) is 15.8 Å². The van der Waals surface area contributed by atoms with Gasteiger partial charge in [-0.25, -0.2) is 0 Å². The molecular formula is C33H17N5. The van der Waals surface area contributed by atoms with Crippen molar-refractivity contribution < 1.29 is 0 Å². The predicted octanol–water partition coefficient (Wildman–Crippen LogP) is 7.50. The molecule has 0 radical (unpaired) electrons. The van der Waals surface area contributed by atoms with Crippen molar-refractivity contribution in [3.8, 4) is 29.6 Å². The third-order valence-electron chi connectivity index (χ3n) is 7.22. The number of rotatable bonds is 2. The summed E-state index contributed by atoms with van der Waals surface area (Å²) in [7, 11) is 0. The van der Waals surface area contributed by atoms with E-state index in [9.17, 15) is 15.8 Å². The first-order valence-electron chi connectivity index (χ1n) is 12.1. The molecule has 5 aromatic carbocycles. The first-order chi connectivity index (χ1) is 18.7. The largest absolute Gasteiger partial charge is 0.308 e. The summed E-state index contributed by atoms with van der Waals surface area (Å²) in [5, 5.41) is 33.6. The van der Waals surface area contributed by atoms with Gasteiger partial charge >= 0.3 is 0 Å². The molecule has 5 nitrogen and oxygen atoms in total. The minimum atomic E-state index is 0.433. The van der Waals surface area contributed by atoms with Crippen LogP contribution in [0.15, 0.2) is 103 Å². The van der Waals surface area contributed by atoms with Crippen LogP contribution in [-0.4, -0.2) is 9.13 Å². The standard InChI is InChI=1S/C33H17N5/c34-18-21-13-15-28(23(17-21)20-36)38-29-11-5-2-8-24(29)25-14-16-31-32(33(25)38)26-9-3-6-12-30(26)37(31)27-10-4-1-7-22(27)19-35/h1-17H. The lowest BCUT2D eigenvalue weighted by atomic mass is 10.1. The molecule has 0 aliphatic heterocycles. The molecule has 0 unspecified atom stereocenters. The van der Waals surface area contributed by atoms with E-state index in [0.717, 1.165) is 55.0 Å². The van der Waals surface area contributed by atoms with Crippen molar-refractivity contribution in [2.75, 3.05) is 0 Å². The van der Waals surface area contributed by atoms with Gasteiger partial charge in [-0.15, -0.1) is 0 Å². The van der Waals surface area contributed by atoms with Gasteiger partial charge in [-0.1, -0.05) is 54.6 Å². The smallest absolute Gasteiger partial charge is 0.101 e. The Labute approximate surface area is 217 Å². The number of para-hydroxylation sites is 3. The molecule has 0 N–H and O–H groups in total. The van der Waals surface area contributed by atoms with Crippen LogP contribution < -0.4 is 0 Å². The van der Waals surface area contributed by atoms with Crippen LogP contribution in [0.5, 0.6) is 0 Å². The van der Waals surface area contributed by atoms with Crippen LogP contribution in [0.3, 0.4) is 0 Å². The van der Waals surface area contributed by atoms with Crippen molar-refractivity contribution in [3.05, 3.63) is 120 Å². The monoisotopic (exact) mass is 483 g/mol. The molecule has 2 aromatic heterocycles. The zero-order valence-corrected chi connectivity index (χ0v) is 20.1. The summed E-state index contributed by atoms with van der Waals surface area (Å²) >= 11 is 0. The fraction of sp³-hybridized carbons (Fsp3) is 0. The van der Waals surface area contributed by atoms with Crippen LogP contribution in [0, 0.1) is 34.0 Å². The zero-order valence-electron chi connectivity index (χ0n) is 20.1. The van der Waals surface area contributed by atoms with Gasteiger partial charge in [0.1, 0.15) is 12.1 Å². The van der Waals surface area contributed by atoms with Crippen LogP contribution in [0.2, 0.25) is 0 Å². The lowest BCUT2D eigenvalue weighted by molar-refractivity contribution is 1.16. The highest BCUT2D eigenvalue weighted by Gasteiger charge is 2.22. The molecule has 0 saturated carbocycles. The van der Waals surface area contributed by atoms with E-state index >= 15 is 0 Å². The highest BCUT2D eigenvalue weighted by atomic mass is 15.0. The minimum absolute atomic E-state index is 0.433. The van der Waals surface area contributed by atoms with E-state index < -0.39 is 0 Å². The lowest BCUT2D eigenvalue weighted by Crippen LogP contribution is -1.99. The number of aromatic nitrogens is 2. The summed E-state index contributed by atoms with van der Waals surface area (Å²) in [4.78, 5) is 0. The average molecular weight is 484 g/mol. The van der Waals surface area contributed by atoms with Gasteiger partial charge < -0.3 is 9.13 Å². The maximum Gasteiger partial charge on any atom is 0.101 e. The van der Waals surface area contributed by atoms with E-state index in [1.54, 1.807) is 12.1 Å². The van der Waals surface area contributed by atoms with Crippen molar-refractivity contribution in [3.63, 3.8) is 0 Å². The third kappa shape index (κ3) is 2.83. The molecule has 0 saturated heterocycles. The fourth-order valence-corrected chi connectivity index (χ4v) is 5.67. The van der Waals surface area contributed by atoms with E-state index in [1.807, 2.05) is 54.6 Å². The molecule has 2 heterocycles. The molecule has 0 atom stereocenters. The Bertz CT molecular complexity index is 2230. The molecule has 7 aromatic rings. The zero-order chi connectivity index (χ0) is 25.8. The molecule has 0 bridgehead atoms. The lowest BCUT2D eigenvalue weighted by Gasteiger charge is -2.12. The Morgan fingerprint density at radius 2 is 1.13 bits per heavy atom. The van der Waals surface area contributed by atoms with E-state index in [2.05, 4.69) is 63.7 Å². The Morgan fingerprint density at radius 1 is 0.474 bits per heavy atom. The maximum absolute atomic E-state index is 10.1. The van der Waals surface area contributed by atoms with Crippen LogP contribution in [0.25, 0.3) is 55.0 Å². The summed E-state index contributed by atoms with van der Waals surface area (Å²) in [6.45, 7) is 0. The third-order valence-corrected chi connectivity index (χ3v) is 7.22. The van der Waals surface area contributed by atoms with Gasteiger partial charge in [0.05, 0.1) is 56.2 Å². The van der Waals surface area contributed by atoms with Crippen LogP contribution >= 0.6 is 0 Å². The SMILES string of the molecule is N#Cc1ccc(-n2c3ccccc3c3ccc4c(c5ccccc5n4-c4ccccc4C#N)c32)c(C#N)c1. The summed E-state index contributed by atoms with van der Waals surface area (Å²) in [5.41, 5.74) is 6.93. The number of hydrogen-bond acceptors (Lipinski definition) is 3. The number of benzene rings is 5. The molecule has 7 rings (SSSR count). The minimum Gasteiger partial charge on any atom is -0.308 e. The van der Waals surface area contributed by atoms with Gasteiger partial charge in [-0.05, 0) is 48.5 Å². The van der Waals surface area contributed by atoms with Gasteiger partial charge in [-0.3, -0.25) is 0 Å². The number of nitrogens with zero attached hydrogens (tertiary/aromatic N) is 5. The topological polar surface area (TPSA) is 81.2 Å².